The van der Waals surface area contributed by atoms with Crippen molar-refractivity contribution in [3.05, 3.63) is 90.0 Å². The van der Waals surface area contributed by atoms with E-state index in [1.807, 2.05) is 12.1 Å². The van der Waals surface area contributed by atoms with Gasteiger partial charge < -0.3 is 19.5 Å². The lowest BCUT2D eigenvalue weighted by molar-refractivity contribution is -0.274. The summed E-state index contributed by atoms with van der Waals surface area (Å²) in [5, 5.41) is 7.25. The number of carbonyl (C=O) groups is 2. The molecule has 228 valence electrons. The summed E-state index contributed by atoms with van der Waals surface area (Å²) in [6, 6.07) is 20.4. The molecule has 0 saturated carbocycles. The second-order valence-electron chi connectivity index (χ2n) is 10.7. The van der Waals surface area contributed by atoms with Gasteiger partial charge >= 0.3 is 12.5 Å². The van der Waals surface area contributed by atoms with Crippen LogP contribution in [0.25, 0.3) is 22.6 Å². The van der Waals surface area contributed by atoms with Crippen molar-refractivity contribution >= 4 is 28.9 Å². The molecule has 0 aliphatic rings. The van der Waals surface area contributed by atoms with Crippen LogP contribution in [0.2, 0.25) is 0 Å². The Bertz CT molecular complexity index is 1800. The van der Waals surface area contributed by atoms with Crippen molar-refractivity contribution in [2.45, 2.75) is 39.3 Å². The van der Waals surface area contributed by atoms with Gasteiger partial charge in [-0.1, -0.05) is 24.3 Å². The fraction of sp³-hybridized carbons (Fsp3) is 0.226. The fourth-order valence-electron chi connectivity index (χ4n) is 4.37. The van der Waals surface area contributed by atoms with Crippen molar-refractivity contribution < 1.29 is 37.0 Å². The van der Waals surface area contributed by atoms with Gasteiger partial charge in [0, 0.05) is 11.6 Å². The third-order valence-corrected chi connectivity index (χ3v) is 6.23. The maximum absolute atomic E-state index is 13.5. The zero-order valence-electron chi connectivity index (χ0n) is 24.2. The van der Waals surface area contributed by atoms with Crippen molar-refractivity contribution in [2.75, 3.05) is 12.4 Å². The summed E-state index contributed by atoms with van der Waals surface area (Å²) in [6.45, 7) is 5.50. The number of hydrogen-bond acceptors (Lipinski definition) is 7. The lowest BCUT2D eigenvalue weighted by Gasteiger charge is -2.20. The fourth-order valence-corrected chi connectivity index (χ4v) is 4.37. The van der Waals surface area contributed by atoms with E-state index in [1.54, 1.807) is 75.0 Å². The Balaban J connectivity index is 1.55. The van der Waals surface area contributed by atoms with E-state index < -0.39 is 29.7 Å². The van der Waals surface area contributed by atoms with Crippen LogP contribution < -0.4 is 14.8 Å². The highest BCUT2D eigenvalue weighted by molar-refractivity contribution is 6.04. The summed E-state index contributed by atoms with van der Waals surface area (Å²) in [7, 11) is 1.56. The normalized spacial score (nSPS) is 11.8. The van der Waals surface area contributed by atoms with Gasteiger partial charge in [-0.3, -0.25) is 9.48 Å². The summed E-state index contributed by atoms with van der Waals surface area (Å²) in [5.74, 6) is -0.0562. The second kappa shape index (κ2) is 11.7. The molecular weight excluding hydrogens is 579 g/mol. The zero-order chi connectivity index (χ0) is 31.6. The van der Waals surface area contributed by atoms with Crippen molar-refractivity contribution in [1.82, 2.24) is 19.3 Å². The topological polar surface area (TPSA) is 109 Å². The summed E-state index contributed by atoms with van der Waals surface area (Å²) in [5.41, 5.74) is 1.58. The Kier molecular flexibility index (Phi) is 8.05. The zero-order valence-corrected chi connectivity index (χ0v) is 24.2. The van der Waals surface area contributed by atoms with Gasteiger partial charge in [0.2, 0.25) is 0 Å². The highest BCUT2D eigenvalue weighted by Gasteiger charge is 2.31. The van der Waals surface area contributed by atoms with Crippen LogP contribution in [0.5, 0.6) is 11.5 Å². The number of carbonyl (C=O) groups excluding carboxylic acids is 2. The summed E-state index contributed by atoms with van der Waals surface area (Å²) in [6.07, 6.45) is -5.50. The standard InChI is InChI=1S/C31H28F3N5O5/c1-30(2,3)44-29(41)39-24-8-6-5-7-23(24)35-27(39)25-17-26(37-38(25)18-19-9-13-21(42-4)14-10-19)36-28(40)20-11-15-22(16-12-20)43-31(32,33)34/h5-17H,18H2,1-4H3,(H,36,37,40). The predicted molar refractivity (Wildman–Crippen MR) is 156 cm³/mol. The van der Waals surface area contributed by atoms with Crippen molar-refractivity contribution in [3.63, 3.8) is 0 Å². The Labute approximate surface area is 250 Å². The van der Waals surface area contributed by atoms with Crippen molar-refractivity contribution in [1.29, 1.82) is 0 Å². The van der Waals surface area contributed by atoms with Crippen LogP contribution in [0.1, 0.15) is 36.7 Å². The molecule has 44 heavy (non-hydrogen) atoms. The van der Waals surface area contributed by atoms with Crippen molar-refractivity contribution in [3.8, 4) is 23.0 Å². The largest absolute Gasteiger partial charge is 0.573 e. The molecule has 0 atom stereocenters. The van der Waals surface area contributed by atoms with Gasteiger partial charge in [0.15, 0.2) is 11.6 Å². The van der Waals surface area contributed by atoms with Crippen LogP contribution in [0.3, 0.4) is 0 Å². The van der Waals surface area contributed by atoms with E-state index in [4.69, 9.17) is 14.5 Å². The number of methoxy groups -OCH3 is 1. The van der Waals surface area contributed by atoms with Crippen LogP contribution in [0.15, 0.2) is 78.9 Å². The third-order valence-electron chi connectivity index (χ3n) is 6.23. The minimum atomic E-state index is -4.85. The van der Waals surface area contributed by atoms with Crippen LogP contribution in [0.4, 0.5) is 23.8 Å². The van der Waals surface area contributed by atoms with Gasteiger partial charge in [0.25, 0.3) is 5.91 Å². The number of imidazole rings is 1. The first-order valence-corrected chi connectivity index (χ1v) is 13.4. The van der Waals surface area contributed by atoms with E-state index in [-0.39, 0.29) is 23.8 Å². The van der Waals surface area contributed by atoms with Crippen LogP contribution in [0, 0.1) is 0 Å². The quantitative estimate of drug-likeness (QED) is 0.215. The van der Waals surface area contributed by atoms with Gasteiger partial charge in [-0.2, -0.15) is 5.10 Å². The molecule has 5 rings (SSSR count). The number of alkyl halides is 3. The molecule has 0 saturated heterocycles. The molecule has 0 aliphatic carbocycles. The van der Waals surface area contributed by atoms with E-state index in [1.165, 1.54) is 16.7 Å². The van der Waals surface area contributed by atoms with Crippen LogP contribution >= 0.6 is 0 Å². The lowest BCUT2D eigenvalue weighted by atomic mass is 10.2. The van der Waals surface area contributed by atoms with Crippen molar-refractivity contribution in [2.24, 2.45) is 0 Å². The number of para-hydroxylation sites is 2. The number of rotatable bonds is 7. The Hall–Kier alpha value is -5.33. The van der Waals surface area contributed by atoms with Crippen LogP contribution in [-0.4, -0.2) is 50.4 Å². The maximum Gasteiger partial charge on any atom is 0.573 e. The van der Waals surface area contributed by atoms with E-state index in [2.05, 4.69) is 15.2 Å². The molecule has 2 aromatic heterocycles. The van der Waals surface area contributed by atoms with E-state index >= 15 is 0 Å². The first-order chi connectivity index (χ1) is 20.8. The number of fused-ring (bicyclic) bond motifs is 1. The minimum absolute atomic E-state index is 0.0757. The Morgan fingerprint density at radius 3 is 2.20 bits per heavy atom. The molecule has 1 amide bonds. The number of nitrogens with one attached hydrogen (secondary N) is 1. The number of halogens is 3. The highest BCUT2D eigenvalue weighted by Crippen LogP contribution is 2.30. The average Bonchev–Trinajstić information content (AvgIpc) is 3.53. The molecule has 1 N–H and O–H groups in total. The molecule has 13 heteroatoms. The van der Waals surface area contributed by atoms with E-state index in [0.29, 0.717) is 22.5 Å². The molecule has 0 bridgehead atoms. The molecule has 0 aliphatic heterocycles. The number of hydrogen-bond donors (Lipinski definition) is 1. The maximum atomic E-state index is 13.5. The first-order valence-electron chi connectivity index (χ1n) is 13.4. The number of nitrogens with zero attached hydrogens (tertiary/aromatic N) is 4. The molecule has 10 nitrogen and oxygen atoms in total. The summed E-state index contributed by atoms with van der Waals surface area (Å²) in [4.78, 5) is 31.2. The minimum Gasteiger partial charge on any atom is -0.497 e. The van der Waals surface area contributed by atoms with Gasteiger partial charge in [0.05, 0.1) is 24.7 Å². The van der Waals surface area contributed by atoms with E-state index in [0.717, 1.165) is 17.7 Å². The second-order valence-corrected chi connectivity index (χ2v) is 10.7. The summed E-state index contributed by atoms with van der Waals surface area (Å²) >= 11 is 0. The monoisotopic (exact) mass is 607 g/mol. The molecule has 2 heterocycles. The molecule has 5 aromatic rings. The number of benzene rings is 3. The van der Waals surface area contributed by atoms with Gasteiger partial charge in [-0.05, 0) is 74.9 Å². The Morgan fingerprint density at radius 2 is 1.57 bits per heavy atom. The van der Waals surface area contributed by atoms with Gasteiger partial charge in [0.1, 0.15) is 22.8 Å². The van der Waals surface area contributed by atoms with Gasteiger partial charge in [-0.25, -0.2) is 14.3 Å². The third kappa shape index (κ3) is 7.00. The molecule has 0 radical (unpaired) electrons. The molecule has 3 aromatic carbocycles. The molecule has 0 unspecified atom stereocenters. The molecule has 0 fully saturated rings. The molecular formula is C31H28F3N5O5. The number of amides is 1. The Morgan fingerprint density at radius 1 is 0.909 bits per heavy atom. The smallest absolute Gasteiger partial charge is 0.497 e. The van der Waals surface area contributed by atoms with Gasteiger partial charge in [-0.15, -0.1) is 13.2 Å². The lowest BCUT2D eigenvalue weighted by Crippen LogP contribution is -2.27. The number of anilines is 1. The highest BCUT2D eigenvalue weighted by atomic mass is 19.4. The summed E-state index contributed by atoms with van der Waals surface area (Å²) < 4.78 is 55.4. The number of ether oxygens (including phenoxy) is 3. The van der Waals surface area contributed by atoms with Crippen LogP contribution in [-0.2, 0) is 11.3 Å². The SMILES string of the molecule is COc1ccc(Cn2nc(NC(=O)c3ccc(OC(F)(F)F)cc3)cc2-c2nc3ccccc3n2C(=O)OC(C)(C)C)cc1. The van der Waals surface area contributed by atoms with E-state index in [9.17, 15) is 22.8 Å². The average molecular weight is 608 g/mol. The predicted octanol–water partition coefficient (Wildman–Crippen LogP) is 6.89. The number of aromatic nitrogens is 4. The first kappa shape index (κ1) is 30.1. The molecule has 0 spiro atoms.